The predicted octanol–water partition coefficient (Wildman–Crippen LogP) is -0.689. The monoisotopic (exact) mass is 228 g/mol. The normalized spacial score (nSPS) is 35.9. The van der Waals surface area contributed by atoms with Crippen molar-refractivity contribution >= 4 is 5.78 Å². The molecule has 16 heavy (non-hydrogen) atoms. The predicted molar refractivity (Wildman–Crippen MR) is 59.4 cm³/mol. The SMILES string of the molecule is CCC(=O)C1OCCNC1C1CNCCO1. The molecule has 2 aliphatic rings. The summed E-state index contributed by atoms with van der Waals surface area (Å²) in [6.45, 7) is 5.64. The molecular formula is C11H20N2O3. The van der Waals surface area contributed by atoms with Crippen LogP contribution in [0.3, 0.4) is 0 Å². The molecule has 2 N–H and O–H groups in total. The van der Waals surface area contributed by atoms with Gasteiger partial charge in [-0.25, -0.2) is 0 Å². The Balaban J connectivity index is 2.00. The number of hydrogen-bond acceptors (Lipinski definition) is 5. The van der Waals surface area contributed by atoms with Crippen molar-refractivity contribution in [3.05, 3.63) is 0 Å². The molecule has 2 aliphatic heterocycles. The number of ketones is 1. The lowest BCUT2D eigenvalue weighted by Crippen LogP contribution is -2.61. The summed E-state index contributed by atoms with van der Waals surface area (Å²) >= 11 is 0. The Hall–Kier alpha value is -0.490. The van der Waals surface area contributed by atoms with Gasteiger partial charge in [-0.1, -0.05) is 6.92 Å². The first-order chi connectivity index (χ1) is 7.83. The number of Topliss-reactive ketones (excluding diaryl/α,β-unsaturated/α-hetero) is 1. The number of carbonyl (C=O) groups excluding carboxylic acids is 1. The summed E-state index contributed by atoms with van der Waals surface area (Å²) in [5, 5.41) is 6.62. The van der Waals surface area contributed by atoms with E-state index in [1.165, 1.54) is 0 Å². The van der Waals surface area contributed by atoms with E-state index >= 15 is 0 Å². The fourth-order valence-electron chi connectivity index (χ4n) is 2.26. The Labute approximate surface area is 95.9 Å². The largest absolute Gasteiger partial charge is 0.374 e. The van der Waals surface area contributed by atoms with Gasteiger partial charge in [0.25, 0.3) is 0 Å². The number of morpholine rings is 2. The zero-order valence-electron chi connectivity index (χ0n) is 9.70. The van der Waals surface area contributed by atoms with Crippen molar-refractivity contribution in [3.63, 3.8) is 0 Å². The lowest BCUT2D eigenvalue weighted by Gasteiger charge is -2.38. The molecule has 92 valence electrons. The third kappa shape index (κ3) is 2.60. The summed E-state index contributed by atoms with van der Waals surface area (Å²) in [5.41, 5.74) is 0. The molecule has 0 aromatic heterocycles. The Morgan fingerprint density at radius 3 is 2.81 bits per heavy atom. The fraction of sp³-hybridized carbons (Fsp3) is 0.909. The van der Waals surface area contributed by atoms with Crippen LogP contribution in [0.4, 0.5) is 0 Å². The van der Waals surface area contributed by atoms with E-state index in [0.29, 0.717) is 19.6 Å². The van der Waals surface area contributed by atoms with E-state index < -0.39 is 0 Å². The van der Waals surface area contributed by atoms with Crippen LogP contribution in [-0.2, 0) is 14.3 Å². The first kappa shape index (κ1) is 12.0. The molecule has 0 bridgehead atoms. The topological polar surface area (TPSA) is 59.6 Å². The van der Waals surface area contributed by atoms with Crippen molar-refractivity contribution in [2.45, 2.75) is 31.6 Å². The highest BCUT2D eigenvalue weighted by Gasteiger charge is 2.37. The Morgan fingerprint density at radius 1 is 1.31 bits per heavy atom. The molecule has 3 unspecified atom stereocenters. The van der Waals surface area contributed by atoms with Gasteiger partial charge in [0.05, 0.1) is 25.4 Å². The smallest absolute Gasteiger partial charge is 0.162 e. The molecule has 2 rings (SSSR count). The molecule has 0 aromatic carbocycles. The molecule has 0 spiro atoms. The third-order valence-electron chi connectivity index (χ3n) is 3.13. The van der Waals surface area contributed by atoms with E-state index in [1.54, 1.807) is 0 Å². The molecule has 2 fully saturated rings. The van der Waals surface area contributed by atoms with Crippen LogP contribution in [-0.4, -0.2) is 56.9 Å². The van der Waals surface area contributed by atoms with Crippen LogP contribution in [0.25, 0.3) is 0 Å². The molecule has 3 atom stereocenters. The zero-order valence-corrected chi connectivity index (χ0v) is 9.70. The van der Waals surface area contributed by atoms with Crippen LogP contribution in [0.1, 0.15) is 13.3 Å². The molecule has 2 saturated heterocycles. The summed E-state index contributed by atoms with van der Waals surface area (Å²) in [4.78, 5) is 11.8. The maximum absolute atomic E-state index is 11.8. The number of carbonyl (C=O) groups is 1. The molecular weight excluding hydrogens is 208 g/mol. The van der Waals surface area contributed by atoms with Gasteiger partial charge in [0, 0.05) is 26.1 Å². The minimum atomic E-state index is -0.344. The number of rotatable bonds is 3. The fourth-order valence-corrected chi connectivity index (χ4v) is 2.26. The summed E-state index contributed by atoms with van der Waals surface area (Å²) in [5.74, 6) is 0.159. The van der Waals surface area contributed by atoms with E-state index in [0.717, 1.165) is 19.6 Å². The first-order valence-electron chi connectivity index (χ1n) is 6.03. The molecule has 2 heterocycles. The van der Waals surface area contributed by atoms with Gasteiger partial charge in [0.2, 0.25) is 0 Å². The van der Waals surface area contributed by atoms with Crippen LogP contribution < -0.4 is 10.6 Å². The van der Waals surface area contributed by atoms with Crippen LogP contribution >= 0.6 is 0 Å². The summed E-state index contributed by atoms with van der Waals surface area (Å²) in [6, 6.07) is -0.00556. The second-order valence-corrected chi connectivity index (χ2v) is 4.20. The van der Waals surface area contributed by atoms with Crippen molar-refractivity contribution in [1.82, 2.24) is 10.6 Å². The lowest BCUT2D eigenvalue weighted by atomic mass is 9.97. The van der Waals surface area contributed by atoms with Gasteiger partial charge in [-0.05, 0) is 0 Å². The van der Waals surface area contributed by atoms with Gasteiger partial charge in [-0.2, -0.15) is 0 Å². The zero-order chi connectivity index (χ0) is 11.4. The highest BCUT2D eigenvalue weighted by atomic mass is 16.5. The van der Waals surface area contributed by atoms with Crippen molar-refractivity contribution < 1.29 is 14.3 Å². The lowest BCUT2D eigenvalue weighted by molar-refractivity contribution is -0.141. The second kappa shape index (κ2) is 5.72. The highest BCUT2D eigenvalue weighted by molar-refractivity contribution is 5.83. The van der Waals surface area contributed by atoms with E-state index in [9.17, 15) is 4.79 Å². The molecule has 0 saturated carbocycles. The van der Waals surface area contributed by atoms with E-state index in [1.807, 2.05) is 6.92 Å². The standard InChI is InChI=1S/C11H20N2O3/c1-2-8(14)11-10(13-4-6-16-11)9-7-12-3-5-15-9/h9-13H,2-7H2,1H3. The average molecular weight is 228 g/mol. The Morgan fingerprint density at radius 2 is 2.12 bits per heavy atom. The van der Waals surface area contributed by atoms with Crippen LogP contribution in [0.5, 0.6) is 0 Å². The molecule has 0 aliphatic carbocycles. The molecule has 5 heteroatoms. The number of ether oxygens (including phenoxy) is 2. The number of nitrogens with one attached hydrogen (secondary N) is 2. The van der Waals surface area contributed by atoms with Gasteiger partial charge in [-0.3, -0.25) is 4.79 Å². The van der Waals surface area contributed by atoms with Crippen LogP contribution in [0.15, 0.2) is 0 Å². The van der Waals surface area contributed by atoms with E-state index in [4.69, 9.17) is 9.47 Å². The van der Waals surface area contributed by atoms with Crippen molar-refractivity contribution in [2.75, 3.05) is 32.8 Å². The summed E-state index contributed by atoms with van der Waals surface area (Å²) in [6.07, 6.45) is 0.210. The minimum Gasteiger partial charge on any atom is -0.374 e. The van der Waals surface area contributed by atoms with Gasteiger partial charge < -0.3 is 20.1 Å². The molecule has 5 nitrogen and oxygen atoms in total. The third-order valence-corrected chi connectivity index (χ3v) is 3.13. The van der Waals surface area contributed by atoms with Crippen molar-refractivity contribution in [3.8, 4) is 0 Å². The Bertz CT molecular complexity index is 241. The van der Waals surface area contributed by atoms with Crippen molar-refractivity contribution in [1.29, 1.82) is 0 Å². The highest BCUT2D eigenvalue weighted by Crippen LogP contribution is 2.15. The van der Waals surface area contributed by atoms with Gasteiger partial charge in [-0.15, -0.1) is 0 Å². The molecule has 0 aromatic rings. The molecule has 0 amide bonds. The molecule has 0 radical (unpaired) electrons. The van der Waals surface area contributed by atoms with Gasteiger partial charge in [0.15, 0.2) is 5.78 Å². The van der Waals surface area contributed by atoms with Gasteiger partial charge in [0.1, 0.15) is 6.10 Å². The first-order valence-corrected chi connectivity index (χ1v) is 6.03. The summed E-state index contributed by atoms with van der Waals surface area (Å²) in [7, 11) is 0. The van der Waals surface area contributed by atoms with Crippen LogP contribution in [0, 0.1) is 0 Å². The maximum atomic E-state index is 11.8. The Kier molecular flexibility index (Phi) is 4.29. The van der Waals surface area contributed by atoms with Crippen molar-refractivity contribution in [2.24, 2.45) is 0 Å². The van der Waals surface area contributed by atoms with Crippen LogP contribution in [0.2, 0.25) is 0 Å². The second-order valence-electron chi connectivity index (χ2n) is 4.20. The quantitative estimate of drug-likeness (QED) is 0.669. The number of hydrogen-bond donors (Lipinski definition) is 2. The van der Waals surface area contributed by atoms with E-state index in [2.05, 4.69) is 10.6 Å². The summed E-state index contributed by atoms with van der Waals surface area (Å²) < 4.78 is 11.3. The minimum absolute atomic E-state index is 0.00556. The van der Waals surface area contributed by atoms with E-state index in [-0.39, 0.29) is 24.0 Å². The maximum Gasteiger partial charge on any atom is 0.162 e. The average Bonchev–Trinajstić information content (AvgIpc) is 2.39. The van der Waals surface area contributed by atoms with Gasteiger partial charge >= 0.3 is 0 Å².